The van der Waals surface area contributed by atoms with Gasteiger partial charge < -0.3 is 19.3 Å². The second-order valence-electron chi connectivity index (χ2n) is 9.12. The first kappa shape index (κ1) is 24.5. The molecule has 182 valence electrons. The first-order valence-electron chi connectivity index (χ1n) is 12.0. The molecule has 3 heterocycles. The second-order valence-corrected chi connectivity index (χ2v) is 10.2. The lowest BCUT2D eigenvalue weighted by Gasteiger charge is -2.38. The summed E-state index contributed by atoms with van der Waals surface area (Å²) in [4.78, 5) is 22.9. The summed E-state index contributed by atoms with van der Waals surface area (Å²) >= 11 is 1.76. The Balaban J connectivity index is 1.31. The van der Waals surface area contributed by atoms with Crippen LogP contribution in [0.1, 0.15) is 31.2 Å². The highest BCUT2D eigenvalue weighted by Crippen LogP contribution is 2.32. The molecule has 0 saturated carbocycles. The molecule has 0 aliphatic carbocycles. The van der Waals surface area contributed by atoms with Crippen LogP contribution in [0.2, 0.25) is 0 Å². The maximum absolute atomic E-state index is 11.6. The van der Waals surface area contributed by atoms with Crippen LogP contribution in [0.4, 0.5) is 0 Å². The van der Waals surface area contributed by atoms with E-state index in [1.165, 1.54) is 5.56 Å². The first-order valence-corrected chi connectivity index (χ1v) is 13.0. The molecule has 7 nitrogen and oxygen atoms in total. The number of likely N-dealkylation sites (tertiary alicyclic amines) is 1. The van der Waals surface area contributed by atoms with Crippen LogP contribution in [0.25, 0.3) is 10.9 Å². The maximum atomic E-state index is 11.6. The van der Waals surface area contributed by atoms with Crippen molar-refractivity contribution in [2.24, 2.45) is 18.9 Å². The van der Waals surface area contributed by atoms with E-state index >= 15 is 0 Å². The molecule has 1 N–H and O–H groups in total. The number of rotatable bonds is 11. The number of methoxy groups -OCH3 is 1. The summed E-state index contributed by atoms with van der Waals surface area (Å²) in [6.07, 6.45) is 10.0. The molecule has 4 rings (SSSR count). The number of carbonyl (C=O) groups is 1. The number of piperidine rings is 1. The number of benzene rings is 1. The van der Waals surface area contributed by atoms with Gasteiger partial charge in [0, 0.05) is 56.3 Å². The Labute approximate surface area is 205 Å². The highest BCUT2D eigenvalue weighted by Gasteiger charge is 2.30. The highest BCUT2D eigenvalue weighted by atomic mass is 32.2. The Morgan fingerprint density at radius 3 is 2.88 bits per heavy atom. The number of hydrogen-bond donors (Lipinski definition) is 1. The fourth-order valence-electron chi connectivity index (χ4n) is 5.03. The molecule has 0 spiro atoms. The van der Waals surface area contributed by atoms with Crippen molar-refractivity contribution in [2.75, 3.05) is 32.5 Å². The summed E-state index contributed by atoms with van der Waals surface area (Å²) in [5.74, 6) is 1.78. The third-order valence-corrected chi connectivity index (χ3v) is 7.93. The minimum atomic E-state index is -0.688. The quantitative estimate of drug-likeness (QED) is 0.403. The lowest BCUT2D eigenvalue weighted by Crippen LogP contribution is -2.42. The predicted molar refractivity (Wildman–Crippen MR) is 135 cm³/mol. The molecule has 2 atom stereocenters. The van der Waals surface area contributed by atoms with Gasteiger partial charge in [-0.2, -0.15) is 0 Å². The number of fused-ring (bicyclic) bond motifs is 1. The van der Waals surface area contributed by atoms with Gasteiger partial charge in [-0.05, 0) is 73.9 Å². The zero-order valence-electron chi connectivity index (χ0n) is 20.0. The number of carboxylic acid groups (broad SMARTS) is 1. The number of aromatic nitrogens is 3. The second kappa shape index (κ2) is 11.7. The SMILES string of the molecule is COc1ccc2nccc(CCC[C@@H]3CCN(CCSc4nccn4C)C[C@@H]3CC(=O)O)c2c1. The fraction of sp³-hybridized carbons (Fsp3) is 0.500. The minimum absolute atomic E-state index is 0.207. The number of nitrogens with zero attached hydrogens (tertiary/aromatic N) is 4. The van der Waals surface area contributed by atoms with Gasteiger partial charge in [-0.15, -0.1) is 0 Å². The molecule has 0 radical (unpaired) electrons. The van der Waals surface area contributed by atoms with E-state index in [9.17, 15) is 9.90 Å². The largest absolute Gasteiger partial charge is 0.497 e. The molecule has 1 saturated heterocycles. The van der Waals surface area contributed by atoms with E-state index in [-0.39, 0.29) is 12.3 Å². The van der Waals surface area contributed by atoms with Crippen molar-refractivity contribution in [2.45, 2.75) is 37.3 Å². The van der Waals surface area contributed by atoms with Gasteiger partial charge >= 0.3 is 5.97 Å². The van der Waals surface area contributed by atoms with Crippen LogP contribution in [-0.4, -0.2) is 63.0 Å². The average molecular weight is 483 g/mol. The number of ether oxygens (including phenoxy) is 1. The summed E-state index contributed by atoms with van der Waals surface area (Å²) in [7, 11) is 3.69. The Morgan fingerprint density at radius 2 is 2.12 bits per heavy atom. The van der Waals surface area contributed by atoms with Crippen LogP contribution >= 0.6 is 11.8 Å². The predicted octanol–water partition coefficient (Wildman–Crippen LogP) is 4.50. The normalized spacial score (nSPS) is 18.9. The van der Waals surface area contributed by atoms with Crippen molar-refractivity contribution < 1.29 is 14.6 Å². The van der Waals surface area contributed by atoms with Gasteiger partial charge in [0.25, 0.3) is 0 Å². The molecular formula is C26H34N4O3S. The van der Waals surface area contributed by atoms with E-state index in [4.69, 9.17) is 4.74 Å². The number of pyridine rings is 1. The number of aryl methyl sites for hydroxylation is 2. The van der Waals surface area contributed by atoms with Crippen LogP contribution in [0.5, 0.6) is 5.75 Å². The van der Waals surface area contributed by atoms with Crippen LogP contribution in [0.3, 0.4) is 0 Å². The van der Waals surface area contributed by atoms with Gasteiger partial charge in [-0.25, -0.2) is 4.98 Å². The Bertz CT molecular complexity index is 1100. The van der Waals surface area contributed by atoms with Gasteiger partial charge in [0.05, 0.1) is 12.6 Å². The van der Waals surface area contributed by atoms with Crippen molar-refractivity contribution in [1.82, 2.24) is 19.4 Å². The lowest BCUT2D eigenvalue weighted by molar-refractivity contribution is -0.139. The number of aliphatic carboxylic acids is 1. The molecule has 1 aromatic carbocycles. The number of imidazole rings is 1. The number of hydrogen-bond acceptors (Lipinski definition) is 6. The van der Waals surface area contributed by atoms with Crippen molar-refractivity contribution in [3.63, 3.8) is 0 Å². The third-order valence-electron chi connectivity index (χ3n) is 6.89. The molecule has 8 heteroatoms. The minimum Gasteiger partial charge on any atom is -0.497 e. The van der Waals surface area contributed by atoms with Gasteiger partial charge in [0.2, 0.25) is 0 Å². The van der Waals surface area contributed by atoms with Gasteiger partial charge in [-0.1, -0.05) is 11.8 Å². The standard InChI is InChI=1S/C26H34N4O3S/c1-29-13-11-28-26(29)34-15-14-30-12-9-19(21(18-30)16-25(31)32)4-3-5-20-8-10-27-24-7-6-22(33-2)17-23(20)24/h6-8,10-11,13,17,19,21H,3-5,9,12,14-16,18H2,1-2H3,(H,31,32)/t19-,21+/m1/s1. The van der Waals surface area contributed by atoms with Crippen molar-refractivity contribution >= 4 is 28.6 Å². The summed E-state index contributed by atoms with van der Waals surface area (Å²) in [5, 5.41) is 11.7. The molecule has 3 aromatic rings. The third kappa shape index (κ3) is 6.30. The molecule has 1 aliphatic rings. The summed E-state index contributed by atoms with van der Waals surface area (Å²) < 4.78 is 7.43. The van der Waals surface area contributed by atoms with Crippen molar-refractivity contribution in [3.8, 4) is 5.75 Å². The molecule has 2 aromatic heterocycles. The van der Waals surface area contributed by atoms with Crippen LogP contribution in [0.15, 0.2) is 48.0 Å². The Hall–Kier alpha value is -2.58. The first-order chi connectivity index (χ1) is 16.5. The van der Waals surface area contributed by atoms with E-state index in [2.05, 4.69) is 27.0 Å². The molecular weight excluding hydrogens is 448 g/mol. The van der Waals surface area contributed by atoms with E-state index in [1.54, 1.807) is 18.9 Å². The molecule has 1 aliphatic heterocycles. The fourth-order valence-corrected chi connectivity index (χ4v) is 5.97. The van der Waals surface area contributed by atoms with Gasteiger partial charge in [0.15, 0.2) is 5.16 Å². The van der Waals surface area contributed by atoms with E-state index in [0.717, 1.165) is 72.9 Å². The monoisotopic (exact) mass is 482 g/mol. The molecule has 0 unspecified atom stereocenters. The van der Waals surface area contributed by atoms with Crippen LogP contribution < -0.4 is 4.74 Å². The van der Waals surface area contributed by atoms with Gasteiger partial charge in [-0.3, -0.25) is 9.78 Å². The van der Waals surface area contributed by atoms with E-state index in [1.807, 2.05) is 42.3 Å². The molecule has 34 heavy (non-hydrogen) atoms. The average Bonchev–Trinajstić information content (AvgIpc) is 3.24. The number of thioether (sulfide) groups is 1. The maximum Gasteiger partial charge on any atom is 0.303 e. The summed E-state index contributed by atoms with van der Waals surface area (Å²) in [5.41, 5.74) is 2.27. The molecule has 0 amide bonds. The summed E-state index contributed by atoms with van der Waals surface area (Å²) in [6, 6.07) is 8.10. The molecule has 1 fully saturated rings. The van der Waals surface area contributed by atoms with Crippen molar-refractivity contribution in [1.29, 1.82) is 0 Å². The topological polar surface area (TPSA) is 80.5 Å². The van der Waals surface area contributed by atoms with Crippen LogP contribution in [0, 0.1) is 11.8 Å². The number of carboxylic acids is 1. The van der Waals surface area contributed by atoms with Crippen LogP contribution in [-0.2, 0) is 18.3 Å². The smallest absolute Gasteiger partial charge is 0.303 e. The van der Waals surface area contributed by atoms with Crippen molar-refractivity contribution in [3.05, 3.63) is 48.4 Å². The van der Waals surface area contributed by atoms with Gasteiger partial charge in [0.1, 0.15) is 5.75 Å². The highest BCUT2D eigenvalue weighted by molar-refractivity contribution is 7.99. The lowest BCUT2D eigenvalue weighted by atomic mass is 9.80. The molecule has 0 bridgehead atoms. The van der Waals surface area contributed by atoms with E-state index in [0.29, 0.717) is 5.92 Å². The Morgan fingerprint density at radius 1 is 1.24 bits per heavy atom. The zero-order chi connectivity index (χ0) is 23.9. The Kier molecular flexibility index (Phi) is 8.45. The van der Waals surface area contributed by atoms with E-state index < -0.39 is 5.97 Å². The summed E-state index contributed by atoms with van der Waals surface area (Å²) in [6.45, 7) is 2.87. The zero-order valence-corrected chi connectivity index (χ0v) is 20.8.